The molecule has 6 nitrogen and oxygen atoms in total. The van der Waals surface area contributed by atoms with Gasteiger partial charge in [0.15, 0.2) is 0 Å². The van der Waals surface area contributed by atoms with Gasteiger partial charge in [-0.3, -0.25) is 14.9 Å². The predicted molar refractivity (Wildman–Crippen MR) is 152 cm³/mol. The summed E-state index contributed by atoms with van der Waals surface area (Å²) in [6, 6.07) is 22.3. The lowest BCUT2D eigenvalue weighted by Gasteiger charge is -2.27. The van der Waals surface area contributed by atoms with Gasteiger partial charge in [-0.1, -0.05) is 60.2 Å². The number of carbonyl (C=O) groups excluding carboxylic acids is 3. The Labute approximate surface area is 229 Å². The lowest BCUT2D eigenvalue weighted by atomic mass is 10.0. The molecule has 7 heteroatoms. The van der Waals surface area contributed by atoms with E-state index in [4.69, 9.17) is 4.74 Å². The molecule has 0 radical (unpaired) electrons. The molecule has 1 N–H and O–H groups in total. The number of amides is 4. The highest BCUT2D eigenvalue weighted by atomic mass is 79.9. The van der Waals surface area contributed by atoms with E-state index in [-0.39, 0.29) is 5.57 Å². The molecular weight excluding hydrogens is 544 g/mol. The SMILES string of the molecule is Cc1ccc(N2C(=O)NC(=O)/C(=C\c3ccc(OCc4c(C)ccc5ccccc45)c(Br)c3)C2=O)c(C)c1. The average Bonchev–Trinajstić information content (AvgIpc) is 2.88. The van der Waals surface area contributed by atoms with Gasteiger partial charge in [0.1, 0.15) is 17.9 Å². The van der Waals surface area contributed by atoms with Crippen LogP contribution in [0.15, 0.2) is 82.8 Å². The molecule has 0 spiro atoms. The summed E-state index contributed by atoms with van der Waals surface area (Å²) in [5.41, 5.74) is 4.94. The Hall–Kier alpha value is -4.23. The summed E-state index contributed by atoms with van der Waals surface area (Å²) in [4.78, 5) is 39.4. The summed E-state index contributed by atoms with van der Waals surface area (Å²) in [5, 5.41) is 4.58. The van der Waals surface area contributed by atoms with Crippen LogP contribution in [0, 0.1) is 20.8 Å². The second kappa shape index (κ2) is 10.3. The van der Waals surface area contributed by atoms with Crippen molar-refractivity contribution < 1.29 is 19.1 Å². The van der Waals surface area contributed by atoms with E-state index in [1.807, 2.05) is 38.1 Å². The van der Waals surface area contributed by atoms with Gasteiger partial charge < -0.3 is 4.74 Å². The van der Waals surface area contributed by atoms with Crippen molar-refractivity contribution in [3.8, 4) is 5.75 Å². The van der Waals surface area contributed by atoms with Crippen LogP contribution in [-0.4, -0.2) is 17.8 Å². The first-order valence-corrected chi connectivity index (χ1v) is 12.9. The highest BCUT2D eigenvalue weighted by Crippen LogP contribution is 2.31. The maximum absolute atomic E-state index is 13.3. The third kappa shape index (κ3) is 4.85. The van der Waals surface area contributed by atoms with Gasteiger partial charge in [0, 0.05) is 5.56 Å². The van der Waals surface area contributed by atoms with Gasteiger partial charge in [-0.25, -0.2) is 9.69 Å². The normalized spacial score (nSPS) is 14.8. The number of halogens is 1. The monoisotopic (exact) mass is 568 g/mol. The first-order chi connectivity index (χ1) is 18.2. The number of benzene rings is 4. The molecule has 4 aromatic rings. The number of hydrogen-bond donors (Lipinski definition) is 1. The average molecular weight is 569 g/mol. The zero-order valence-electron chi connectivity index (χ0n) is 21.2. The fraction of sp³-hybridized carbons (Fsp3) is 0.129. The standard InChI is InChI=1S/C31H25BrN2O4/c1-18-8-12-27(20(3)14-18)34-30(36)24(29(35)33-31(34)37)15-21-10-13-28(26(32)16-21)38-17-25-19(2)9-11-22-6-4-5-7-23(22)25/h4-16H,17H2,1-3H3,(H,33,35,37)/b24-15+. The molecule has 1 heterocycles. The summed E-state index contributed by atoms with van der Waals surface area (Å²) in [6.07, 6.45) is 1.48. The molecule has 0 unspecified atom stereocenters. The van der Waals surface area contributed by atoms with Crippen LogP contribution >= 0.6 is 15.9 Å². The van der Waals surface area contributed by atoms with Crippen LogP contribution in [0.5, 0.6) is 5.75 Å². The van der Waals surface area contributed by atoms with Crippen LogP contribution in [0.3, 0.4) is 0 Å². The molecule has 0 atom stereocenters. The summed E-state index contributed by atoms with van der Waals surface area (Å²) in [6.45, 7) is 6.20. The number of nitrogens with zero attached hydrogens (tertiary/aromatic N) is 1. The summed E-state index contributed by atoms with van der Waals surface area (Å²) < 4.78 is 6.82. The molecule has 0 aromatic heterocycles. The van der Waals surface area contributed by atoms with Gasteiger partial charge in [-0.2, -0.15) is 0 Å². The Morgan fingerprint density at radius 1 is 0.895 bits per heavy atom. The van der Waals surface area contributed by atoms with E-state index in [0.717, 1.165) is 37.9 Å². The van der Waals surface area contributed by atoms with Crippen LogP contribution in [0.1, 0.15) is 27.8 Å². The molecule has 0 saturated carbocycles. The van der Waals surface area contributed by atoms with Crippen LogP contribution < -0.4 is 15.0 Å². The smallest absolute Gasteiger partial charge is 0.335 e. The number of rotatable bonds is 5. The Kier molecular flexibility index (Phi) is 6.87. The summed E-state index contributed by atoms with van der Waals surface area (Å²) >= 11 is 3.55. The van der Waals surface area contributed by atoms with E-state index in [2.05, 4.69) is 52.4 Å². The van der Waals surface area contributed by atoms with Crippen molar-refractivity contribution >= 4 is 56.3 Å². The third-order valence-electron chi connectivity index (χ3n) is 6.61. The maximum atomic E-state index is 13.3. The molecule has 1 fully saturated rings. The van der Waals surface area contributed by atoms with Gasteiger partial charge in [-0.05, 0) is 88.4 Å². The number of anilines is 1. The molecule has 38 heavy (non-hydrogen) atoms. The van der Waals surface area contributed by atoms with Crippen molar-refractivity contribution in [1.29, 1.82) is 0 Å². The van der Waals surface area contributed by atoms with Crippen LogP contribution in [0.2, 0.25) is 0 Å². The van der Waals surface area contributed by atoms with Crippen molar-refractivity contribution in [1.82, 2.24) is 5.32 Å². The highest BCUT2D eigenvalue weighted by molar-refractivity contribution is 9.10. The van der Waals surface area contributed by atoms with Crippen LogP contribution in [0.4, 0.5) is 10.5 Å². The Morgan fingerprint density at radius 2 is 1.68 bits per heavy atom. The largest absolute Gasteiger partial charge is 0.488 e. The molecule has 4 aromatic carbocycles. The number of barbiturate groups is 1. The number of urea groups is 1. The minimum absolute atomic E-state index is 0.128. The van der Waals surface area contributed by atoms with Crippen LogP contribution in [0.25, 0.3) is 16.8 Å². The minimum atomic E-state index is -0.766. The number of imide groups is 2. The Morgan fingerprint density at radius 3 is 2.45 bits per heavy atom. The van der Waals surface area contributed by atoms with Crippen LogP contribution in [-0.2, 0) is 16.2 Å². The molecule has 1 aliphatic rings. The number of aryl methyl sites for hydroxylation is 3. The summed E-state index contributed by atoms with van der Waals surface area (Å²) in [7, 11) is 0. The number of nitrogens with one attached hydrogen (secondary N) is 1. The first-order valence-electron chi connectivity index (χ1n) is 12.1. The first kappa shape index (κ1) is 25.4. The fourth-order valence-corrected chi connectivity index (χ4v) is 5.12. The van der Waals surface area contributed by atoms with E-state index >= 15 is 0 Å². The van der Waals surface area contributed by atoms with Crippen molar-refractivity contribution in [2.45, 2.75) is 27.4 Å². The van der Waals surface area contributed by atoms with Crippen molar-refractivity contribution in [2.24, 2.45) is 0 Å². The summed E-state index contributed by atoms with van der Waals surface area (Å²) in [5.74, 6) is -0.775. The van der Waals surface area contributed by atoms with Gasteiger partial charge in [-0.15, -0.1) is 0 Å². The molecule has 190 valence electrons. The van der Waals surface area contributed by atoms with Gasteiger partial charge >= 0.3 is 6.03 Å². The molecule has 0 bridgehead atoms. The second-order valence-corrected chi connectivity index (χ2v) is 10.2. The fourth-order valence-electron chi connectivity index (χ4n) is 4.61. The number of carbonyl (C=O) groups is 3. The van der Waals surface area contributed by atoms with E-state index in [1.54, 1.807) is 24.3 Å². The number of ether oxygens (including phenoxy) is 1. The van der Waals surface area contributed by atoms with Crippen molar-refractivity contribution in [3.05, 3.63) is 111 Å². The lowest BCUT2D eigenvalue weighted by molar-refractivity contribution is -0.122. The van der Waals surface area contributed by atoms with Crippen molar-refractivity contribution in [3.63, 3.8) is 0 Å². The Bertz CT molecular complexity index is 1660. The molecule has 4 amide bonds. The maximum Gasteiger partial charge on any atom is 0.335 e. The molecule has 1 aliphatic heterocycles. The van der Waals surface area contributed by atoms with E-state index in [1.165, 1.54) is 6.08 Å². The second-order valence-electron chi connectivity index (χ2n) is 9.31. The zero-order chi connectivity index (χ0) is 27.0. The zero-order valence-corrected chi connectivity index (χ0v) is 22.8. The minimum Gasteiger partial charge on any atom is -0.488 e. The van der Waals surface area contributed by atoms with Crippen molar-refractivity contribution in [2.75, 3.05) is 4.90 Å². The van der Waals surface area contributed by atoms with Gasteiger partial charge in [0.05, 0.1) is 10.2 Å². The Balaban J connectivity index is 1.40. The molecular formula is C31H25BrN2O4. The molecule has 5 rings (SSSR count). The van der Waals surface area contributed by atoms with E-state index in [9.17, 15) is 14.4 Å². The highest BCUT2D eigenvalue weighted by Gasteiger charge is 2.37. The quantitative estimate of drug-likeness (QED) is 0.213. The van der Waals surface area contributed by atoms with Gasteiger partial charge in [0.2, 0.25) is 0 Å². The predicted octanol–water partition coefficient (Wildman–Crippen LogP) is 6.77. The molecule has 1 saturated heterocycles. The van der Waals surface area contributed by atoms with E-state index < -0.39 is 17.8 Å². The lowest BCUT2D eigenvalue weighted by Crippen LogP contribution is -2.54. The van der Waals surface area contributed by atoms with Gasteiger partial charge in [0.25, 0.3) is 11.8 Å². The van der Waals surface area contributed by atoms with E-state index in [0.29, 0.717) is 28.1 Å². The molecule has 0 aliphatic carbocycles. The number of fused-ring (bicyclic) bond motifs is 1. The number of hydrogen-bond acceptors (Lipinski definition) is 4. The topological polar surface area (TPSA) is 75.7 Å². The third-order valence-corrected chi connectivity index (χ3v) is 7.23.